The third-order valence-corrected chi connectivity index (χ3v) is 4.71. The molecule has 1 heterocycles. The Morgan fingerprint density at radius 3 is 2.71 bits per heavy atom. The van der Waals surface area contributed by atoms with E-state index in [9.17, 15) is 8.78 Å². The molecule has 0 fully saturated rings. The predicted molar refractivity (Wildman–Crippen MR) is 85.2 cm³/mol. The highest BCUT2D eigenvalue weighted by Crippen LogP contribution is 2.31. The summed E-state index contributed by atoms with van der Waals surface area (Å²) in [5.41, 5.74) is 0.754. The van der Waals surface area contributed by atoms with E-state index >= 15 is 0 Å². The fraction of sp³-hybridized carbons (Fsp3) is 0.333. The Morgan fingerprint density at radius 1 is 1.33 bits per heavy atom. The van der Waals surface area contributed by atoms with Crippen molar-refractivity contribution in [3.8, 4) is 5.75 Å². The van der Waals surface area contributed by atoms with Crippen molar-refractivity contribution in [1.29, 1.82) is 0 Å². The summed E-state index contributed by atoms with van der Waals surface area (Å²) in [6.07, 6.45) is 0.730. The number of likely N-dealkylation sites (N-methyl/N-ethyl adjacent to an activating group) is 1. The zero-order valence-corrected chi connectivity index (χ0v) is 13.9. The van der Waals surface area contributed by atoms with E-state index in [1.165, 1.54) is 4.88 Å². The van der Waals surface area contributed by atoms with Gasteiger partial charge in [0, 0.05) is 32.8 Å². The standard InChI is InChI=1S/C15H16BrF2NOS/c1-2-19-13(8-11-7-10(16)9-21-11)12-5-3-4-6-14(12)20-15(17)18/h3-7,9,13,15,19H,2,8H2,1H3. The van der Waals surface area contributed by atoms with Gasteiger partial charge in [0.15, 0.2) is 0 Å². The molecule has 2 aromatic rings. The molecule has 21 heavy (non-hydrogen) atoms. The number of rotatable bonds is 7. The number of hydrogen-bond acceptors (Lipinski definition) is 3. The highest BCUT2D eigenvalue weighted by Gasteiger charge is 2.18. The molecular formula is C15H16BrF2NOS. The van der Waals surface area contributed by atoms with Crippen LogP contribution in [0.1, 0.15) is 23.4 Å². The first-order valence-electron chi connectivity index (χ1n) is 6.60. The molecule has 0 saturated carbocycles. The molecule has 2 nitrogen and oxygen atoms in total. The SMILES string of the molecule is CCNC(Cc1cc(Br)cs1)c1ccccc1OC(F)F. The molecule has 1 aromatic heterocycles. The smallest absolute Gasteiger partial charge is 0.387 e. The highest BCUT2D eigenvalue weighted by molar-refractivity contribution is 9.10. The van der Waals surface area contributed by atoms with Crippen LogP contribution < -0.4 is 10.1 Å². The zero-order chi connectivity index (χ0) is 15.2. The van der Waals surface area contributed by atoms with E-state index in [0.717, 1.165) is 23.0 Å². The number of alkyl halides is 2. The van der Waals surface area contributed by atoms with Gasteiger partial charge in [-0.1, -0.05) is 25.1 Å². The van der Waals surface area contributed by atoms with Gasteiger partial charge in [0.25, 0.3) is 0 Å². The van der Waals surface area contributed by atoms with Gasteiger partial charge in [-0.05, 0) is 34.6 Å². The number of ether oxygens (including phenoxy) is 1. The summed E-state index contributed by atoms with van der Waals surface area (Å²) < 4.78 is 30.7. The van der Waals surface area contributed by atoms with E-state index in [1.54, 1.807) is 23.5 Å². The van der Waals surface area contributed by atoms with Gasteiger partial charge in [0.1, 0.15) is 5.75 Å². The van der Waals surface area contributed by atoms with Gasteiger partial charge in [-0.3, -0.25) is 0 Å². The average molecular weight is 376 g/mol. The largest absolute Gasteiger partial charge is 0.434 e. The number of para-hydroxylation sites is 1. The molecule has 0 amide bonds. The van der Waals surface area contributed by atoms with Crippen LogP contribution in [0.2, 0.25) is 0 Å². The molecule has 0 radical (unpaired) electrons. The molecule has 0 saturated heterocycles. The highest BCUT2D eigenvalue weighted by atomic mass is 79.9. The summed E-state index contributed by atoms with van der Waals surface area (Å²) in [6.45, 7) is -0.0713. The van der Waals surface area contributed by atoms with Crippen LogP contribution in [-0.2, 0) is 6.42 Å². The van der Waals surface area contributed by atoms with Gasteiger partial charge in [-0.15, -0.1) is 11.3 Å². The normalized spacial score (nSPS) is 12.6. The van der Waals surface area contributed by atoms with Gasteiger partial charge in [0.2, 0.25) is 0 Å². The first kappa shape index (κ1) is 16.4. The second kappa shape index (κ2) is 7.87. The van der Waals surface area contributed by atoms with Gasteiger partial charge < -0.3 is 10.1 Å². The van der Waals surface area contributed by atoms with Crippen molar-refractivity contribution in [2.75, 3.05) is 6.54 Å². The minimum Gasteiger partial charge on any atom is -0.434 e. The minimum absolute atomic E-state index is 0.0597. The first-order chi connectivity index (χ1) is 10.1. The molecule has 1 aromatic carbocycles. The van der Waals surface area contributed by atoms with Crippen LogP contribution in [0.3, 0.4) is 0 Å². The van der Waals surface area contributed by atoms with E-state index in [2.05, 4.69) is 26.0 Å². The first-order valence-corrected chi connectivity index (χ1v) is 8.27. The molecule has 2 rings (SSSR count). The van der Waals surface area contributed by atoms with Crippen LogP contribution in [-0.4, -0.2) is 13.2 Å². The fourth-order valence-corrected chi connectivity index (χ4v) is 3.67. The van der Waals surface area contributed by atoms with Crippen LogP contribution in [0, 0.1) is 0 Å². The quantitative estimate of drug-likeness (QED) is 0.734. The lowest BCUT2D eigenvalue weighted by atomic mass is 10.0. The maximum Gasteiger partial charge on any atom is 0.387 e. The molecule has 0 aliphatic rings. The summed E-state index contributed by atoms with van der Waals surface area (Å²) in [5, 5.41) is 5.35. The monoisotopic (exact) mass is 375 g/mol. The second-order valence-electron chi connectivity index (χ2n) is 4.46. The number of thiophene rings is 1. The third-order valence-electron chi connectivity index (χ3n) is 2.99. The van der Waals surface area contributed by atoms with Gasteiger partial charge in [0.05, 0.1) is 0 Å². The Bertz CT molecular complexity index is 576. The van der Waals surface area contributed by atoms with Crippen molar-refractivity contribution in [3.05, 3.63) is 50.6 Å². The van der Waals surface area contributed by atoms with Crippen molar-refractivity contribution in [3.63, 3.8) is 0 Å². The topological polar surface area (TPSA) is 21.3 Å². The van der Waals surface area contributed by atoms with E-state index in [0.29, 0.717) is 0 Å². The number of nitrogens with one attached hydrogen (secondary N) is 1. The average Bonchev–Trinajstić information content (AvgIpc) is 2.84. The van der Waals surface area contributed by atoms with Crippen molar-refractivity contribution < 1.29 is 13.5 Å². The molecule has 114 valence electrons. The minimum atomic E-state index is -2.82. The maximum absolute atomic E-state index is 12.5. The molecule has 6 heteroatoms. The molecule has 1 N–H and O–H groups in total. The summed E-state index contributed by atoms with van der Waals surface area (Å²) >= 11 is 5.07. The summed E-state index contributed by atoms with van der Waals surface area (Å²) in [6, 6.07) is 8.93. The molecule has 1 unspecified atom stereocenters. The molecule has 0 bridgehead atoms. The van der Waals surface area contributed by atoms with Crippen molar-refractivity contribution in [2.24, 2.45) is 0 Å². The summed E-state index contributed by atoms with van der Waals surface area (Å²) in [7, 11) is 0. The lowest BCUT2D eigenvalue weighted by Gasteiger charge is -2.20. The third kappa shape index (κ3) is 4.76. The van der Waals surface area contributed by atoms with Crippen molar-refractivity contribution in [2.45, 2.75) is 26.0 Å². The molecule has 0 aliphatic heterocycles. The number of benzene rings is 1. The summed E-state index contributed by atoms with van der Waals surface area (Å²) in [4.78, 5) is 1.18. The van der Waals surface area contributed by atoms with Gasteiger partial charge in [-0.25, -0.2) is 0 Å². The van der Waals surface area contributed by atoms with Crippen LogP contribution >= 0.6 is 27.3 Å². The van der Waals surface area contributed by atoms with E-state index < -0.39 is 6.61 Å². The van der Waals surface area contributed by atoms with Crippen LogP contribution in [0.5, 0.6) is 5.75 Å². The Kier molecular flexibility index (Phi) is 6.14. The fourth-order valence-electron chi connectivity index (χ4n) is 2.17. The molecular weight excluding hydrogens is 360 g/mol. The Labute approximate surface area is 135 Å². The van der Waals surface area contributed by atoms with Gasteiger partial charge in [-0.2, -0.15) is 8.78 Å². The Hall–Kier alpha value is -0.980. The Morgan fingerprint density at radius 2 is 2.10 bits per heavy atom. The van der Waals surface area contributed by atoms with Crippen LogP contribution in [0.4, 0.5) is 8.78 Å². The maximum atomic E-state index is 12.5. The summed E-state index contributed by atoms with van der Waals surface area (Å²) in [5.74, 6) is 0.231. The van der Waals surface area contributed by atoms with Crippen molar-refractivity contribution in [1.82, 2.24) is 5.32 Å². The second-order valence-corrected chi connectivity index (χ2v) is 6.37. The van der Waals surface area contributed by atoms with Gasteiger partial charge >= 0.3 is 6.61 Å². The lowest BCUT2D eigenvalue weighted by molar-refractivity contribution is -0.0507. The number of hydrogen-bond donors (Lipinski definition) is 1. The molecule has 0 spiro atoms. The number of halogens is 3. The van der Waals surface area contributed by atoms with E-state index in [4.69, 9.17) is 0 Å². The van der Waals surface area contributed by atoms with E-state index in [-0.39, 0.29) is 11.8 Å². The molecule has 1 atom stereocenters. The van der Waals surface area contributed by atoms with E-state index in [1.807, 2.05) is 30.5 Å². The van der Waals surface area contributed by atoms with Crippen LogP contribution in [0.25, 0.3) is 0 Å². The van der Waals surface area contributed by atoms with Crippen LogP contribution in [0.15, 0.2) is 40.2 Å². The molecule has 0 aliphatic carbocycles. The van der Waals surface area contributed by atoms with Crippen molar-refractivity contribution >= 4 is 27.3 Å². The Balaban J connectivity index is 2.24. The predicted octanol–water partition coefficient (Wildman–Crippen LogP) is 5.01. The zero-order valence-electron chi connectivity index (χ0n) is 11.5. The lowest BCUT2D eigenvalue weighted by Crippen LogP contribution is -2.23.